The molecule has 0 aliphatic carbocycles. The quantitative estimate of drug-likeness (QED) is 0.862. The highest BCUT2D eigenvalue weighted by Crippen LogP contribution is 2.26. The van der Waals surface area contributed by atoms with E-state index in [-0.39, 0.29) is 11.3 Å². The molecule has 0 aromatic carbocycles. The third kappa shape index (κ3) is 4.31. The summed E-state index contributed by atoms with van der Waals surface area (Å²) in [7, 11) is 0. The van der Waals surface area contributed by atoms with E-state index in [9.17, 15) is 4.79 Å². The van der Waals surface area contributed by atoms with Crippen molar-refractivity contribution in [3.63, 3.8) is 0 Å². The maximum Gasteiger partial charge on any atom is 0.224 e. The minimum Gasteiger partial charge on any atom is -0.355 e. The normalized spacial score (nSPS) is 18.0. The molecule has 0 atom stereocenters. The second kappa shape index (κ2) is 6.15. The lowest BCUT2D eigenvalue weighted by Crippen LogP contribution is -2.43. The van der Waals surface area contributed by atoms with Crippen molar-refractivity contribution in [2.75, 3.05) is 19.6 Å². The Balaban J connectivity index is 1.79. The van der Waals surface area contributed by atoms with Crippen LogP contribution in [0.25, 0.3) is 0 Å². The molecule has 0 radical (unpaired) electrons. The zero-order valence-corrected chi connectivity index (χ0v) is 11.8. The van der Waals surface area contributed by atoms with Crippen molar-refractivity contribution in [2.24, 2.45) is 5.41 Å². The van der Waals surface area contributed by atoms with Crippen LogP contribution in [-0.4, -0.2) is 30.5 Å². The van der Waals surface area contributed by atoms with Crippen LogP contribution in [0.4, 0.5) is 0 Å². The largest absolute Gasteiger partial charge is 0.355 e. The topological polar surface area (TPSA) is 54.0 Å². The van der Waals surface area contributed by atoms with Crippen LogP contribution in [0.15, 0.2) is 18.3 Å². The third-order valence-corrected chi connectivity index (χ3v) is 3.86. The summed E-state index contributed by atoms with van der Waals surface area (Å²) >= 11 is 0. The van der Waals surface area contributed by atoms with E-state index < -0.39 is 0 Å². The first-order valence-electron chi connectivity index (χ1n) is 6.96. The number of nitrogens with one attached hydrogen (secondary N) is 2. The number of carbonyl (C=O) groups is 1. The molecular weight excluding hydrogens is 238 g/mol. The first kappa shape index (κ1) is 14.0. The molecule has 0 unspecified atom stereocenters. The molecule has 1 aromatic rings. The van der Waals surface area contributed by atoms with Crippen molar-refractivity contribution < 1.29 is 4.79 Å². The van der Waals surface area contributed by atoms with Gasteiger partial charge in [0.1, 0.15) is 0 Å². The van der Waals surface area contributed by atoms with E-state index in [1.807, 2.05) is 19.1 Å². The third-order valence-electron chi connectivity index (χ3n) is 3.86. The molecule has 1 aromatic heterocycles. The number of piperidine rings is 1. The molecule has 2 heterocycles. The van der Waals surface area contributed by atoms with Crippen molar-refractivity contribution in [1.82, 2.24) is 15.6 Å². The molecule has 4 nitrogen and oxygen atoms in total. The molecule has 2 N–H and O–H groups in total. The summed E-state index contributed by atoms with van der Waals surface area (Å²) in [4.78, 5) is 16.1. The molecule has 1 saturated heterocycles. The van der Waals surface area contributed by atoms with Gasteiger partial charge in [0.15, 0.2) is 0 Å². The lowest BCUT2D eigenvalue weighted by Gasteiger charge is -2.34. The van der Waals surface area contributed by atoms with Crippen LogP contribution in [0.3, 0.4) is 0 Å². The number of rotatable bonds is 4. The van der Waals surface area contributed by atoms with Gasteiger partial charge in [-0.25, -0.2) is 0 Å². The van der Waals surface area contributed by atoms with Gasteiger partial charge in [-0.1, -0.05) is 13.0 Å². The van der Waals surface area contributed by atoms with Gasteiger partial charge in [-0.05, 0) is 49.9 Å². The number of hydrogen-bond acceptors (Lipinski definition) is 3. The van der Waals surface area contributed by atoms with Crippen LogP contribution in [0, 0.1) is 12.3 Å². The average Bonchev–Trinajstić information content (AvgIpc) is 2.40. The highest BCUT2D eigenvalue weighted by molar-refractivity contribution is 5.78. The molecular formula is C15H23N3O. The van der Waals surface area contributed by atoms with Crippen molar-refractivity contribution in [3.05, 3.63) is 29.6 Å². The number of pyridine rings is 1. The Labute approximate surface area is 115 Å². The monoisotopic (exact) mass is 261 g/mol. The van der Waals surface area contributed by atoms with Crippen LogP contribution in [0.2, 0.25) is 0 Å². The Morgan fingerprint density at radius 2 is 2.16 bits per heavy atom. The van der Waals surface area contributed by atoms with E-state index >= 15 is 0 Å². The molecule has 1 amide bonds. The van der Waals surface area contributed by atoms with Crippen LogP contribution in [0.5, 0.6) is 0 Å². The highest BCUT2D eigenvalue weighted by atomic mass is 16.1. The van der Waals surface area contributed by atoms with E-state index in [2.05, 4.69) is 22.5 Å². The van der Waals surface area contributed by atoms with E-state index in [1.54, 1.807) is 6.20 Å². The molecule has 4 heteroatoms. The summed E-state index contributed by atoms with van der Waals surface area (Å²) in [6.07, 6.45) is 4.45. The predicted molar refractivity (Wildman–Crippen MR) is 75.9 cm³/mol. The van der Waals surface area contributed by atoms with Crippen molar-refractivity contribution >= 4 is 5.91 Å². The Kier molecular flexibility index (Phi) is 4.53. The molecule has 104 valence electrons. The van der Waals surface area contributed by atoms with Gasteiger partial charge in [0.05, 0.1) is 6.42 Å². The van der Waals surface area contributed by atoms with Gasteiger partial charge >= 0.3 is 0 Å². The number of aryl methyl sites for hydroxylation is 1. The Hall–Kier alpha value is -1.42. The fraction of sp³-hybridized carbons (Fsp3) is 0.600. The highest BCUT2D eigenvalue weighted by Gasteiger charge is 2.26. The predicted octanol–water partition coefficient (Wildman–Crippen LogP) is 1.44. The van der Waals surface area contributed by atoms with Crippen molar-refractivity contribution in [2.45, 2.75) is 33.1 Å². The standard InChI is InChI=1S/C15H23N3O/c1-12-3-4-13(10-17-12)9-14(19)18-11-15(2)5-7-16-8-6-15/h3-4,10,16H,5-9,11H2,1-2H3,(H,18,19). The summed E-state index contributed by atoms with van der Waals surface area (Å²) in [6.45, 7) is 7.07. The SMILES string of the molecule is Cc1ccc(CC(=O)NCC2(C)CCNCC2)cn1. The minimum atomic E-state index is 0.0883. The first-order valence-corrected chi connectivity index (χ1v) is 6.96. The Bertz CT molecular complexity index is 422. The maximum atomic E-state index is 11.9. The second-order valence-electron chi connectivity index (χ2n) is 5.82. The van der Waals surface area contributed by atoms with Crippen LogP contribution in [-0.2, 0) is 11.2 Å². The smallest absolute Gasteiger partial charge is 0.224 e. The lowest BCUT2D eigenvalue weighted by molar-refractivity contribution is -0.121. The van der Waals surface area contributed by atoms with Gasteiger partial charge in [-0.2, -0.15) is 0 Å². The fourth-order valence-electron chi connectivity index (χ4n) is 2.37. The maximum absolute atomic E-state index is 11.9. The Morgan fingerprint density at radius 1 is 1.42 bits per heavy atom. The van der Waals surface area contributed by atoms with E-state index in [4.69, 9.17) is 0 Å². The van der Waals surface area contributed by atoms with Gasteiger partial charge in [0.2, 0.25) is 5.91 Å². The van der Waals surface area contributed by atoms with Crippen LogP contribution in [0.1, 0.15) is 31.0 Å². The lowest BCUT2D eigenvalue weighted by atomic mass is 9.81. The average molecular weight is 261 g/mol. The van der Waals surface area contributed by atoms with E-state index in [0.29, 0.717) is 6.42 Å². The zero-order valence-electron chi connectivity index (χ0n) is 11.8. The number of amides is 1. The summed E-state index contributed by atoms with van der Waals surface area (Å²) in [6, 6.07) is 3.91. The molecule has 1 aliphatic rings. The summed E-state index contributed by atoms with van der Waals surface area (Å²) in [5.74, 6) is 0.0883. The van der Waals surface area contributed by atoms with Crippen molar-refractivity contribution in [3.8, 4) is 0 Å². The van der Waals surface area contributed by atoms with Gasteiger partial charge in [0.25, 0.3) is 0 Å². The number of hydrogen-bond donors (Lipinski definition) is 2. The molecule has 19 heavy (non-hydrogen) atoms. The molecule has 0 bridgehead atoms. The second-order valence-corrected chi connectivity index (χ2v) is 5.82. The molecule has 0 spiro atoms. The van der Waals surface area contributed by atoms with Crippen LogP contribution >= 0.6 is 0 Å². The molecule has 1 aliphatic heterocycles. The summed E-state index contributed by atoms with van der Waals surface area (Å²) < 4.78 is 0. The summed E-state index contributed by atoms with van der Waals surface area (Å²) in [5, 5.41) is 6.41. The van der Waals surface area contributed by atoms with Crippen LogP contribution < -0.4 is 10.6 Å². The van der Waals surface area contributed by atoms with Crippen molar-refractivity contribution in [1.29, 1.82) is 0 Å². The number of aromatic nitrogens is 1. The number of nitrogens with zero attached hydrogens (tertiary/aromatic N) is 1. The first-order chi connectivity index (χ1) is 9.07. The molecule has 0 saturated carbocycles. The van der Waals surface area contributed by atoms with Gasteiger partial charge in [-0.3, -0.25) is 9.78 Å². The van der Waals surface area contributed by atoms with Gasteiger partial charge in [0, 0.05) is 18.4 Å². The molecule has 1 fully saturated rings. The van der Waals surface area contributed by atoms with E-state index in [0.717, 1.165) is 43.7 Å². The number of carbonyl (C=O) groups excluding carboxylic acids is 1. The fourth-order valence-corrected chi connectivity index (χ4v) is 2.37. The van der Waals surface area contributed by atoms with Gasteiger partial charge < -0.3 is 10.6 Å². The zero-order chi connectivity index (χ0) is 13.7. The van der Waals surface area contributed by atoms with Gasteiger partial charge in [-0.15, -0.1) is 0 Å². The summed E-state index contributed by atoms with van der Waals surface area (Å²) in [5.41, 5.74) is 2.19. The Morgan fingerprint density at radius 3 is 2.79 bits per heavy atom. The molecule has 2 rings (SSSR count). The minimum absolute atomic E-state index is 0.0883. The van der Waals surface area contributed by atoms with E-state index in [1.165, 1.54) is 0 Å².